The molecule has 0 radical (unpaired) electrons. The number of nitrogens with zero attached hydrogens (tertiary/aromatic N) is 1. The lowest BCUT2D eigenvalue weighted by atomic mass is 10.2. The molecule has 6 nitrogen and oxygen atoms in total. The molecule has 0 unspecified atom stereocenters. The first-order valence-electron chi connectivity index (χ1n) is 8.04. The number of carbonyl (C=O) groups excluding carboxylic acids is 2. The van der Waals surface area contributed by atoms with Crippen LogP contribution in [0.25, 0.3) is 0 Å². The first-order valence-corrected chi connectivity index (χ1v) is 8.04. The van der Waals surface area contributed by atoms with Crippen LogP contribution in [0.15, 0.2) is 53.6 Å². The molecule has 0 bridgehead atoms. The second-order valence-corrected chi connectivity index (χ2v) is 5.82. The molecule has 2 amide bonds. The lowest BCUT2D eigenvalue weighted by Crippen LogP contribution is -2.18. The second kappa shape index (κ2) is 7.61. The third kappa shape index (κ3) is 4.67. The van der Waals surface area contributed by atoms with E-state index in [0.717, 1.165) is 24.2 Å². The number of hydrogen-bond donors (Lipinski definition) is 2. The predicted octanol–water partition coefficient (Wildman–Crippen LogP) is 2.81. The van der Waals surface area contributed by atoms with Crippen molar-refractivity contribution in [2.24, 2.45) is 11.0 Å². The van der Waals surface area contributed by atoms with Gasteiger partial charge in [0.05, 0.1) is 13.3 Å². The molecule has 0 spiro atoms. The molecule has 1 saturated carbocycles. The maximum atomic E-state index is 12.1. The van der Waals surface area contributed by atoms with E-state index in [4.69, 9.17) is 4.74 Å². The van der Waals surface area contributed by atoms with Crippen molar-refractivity contribution in [2.45, 2.75) is 12.8 Å². The minimum atomic E-state index is -0.320. The molecule has 3 rings (SSSR count). The summed E-state index contributed by atoms with van der Waals surface area (Å²) in [6.07, 6.45) is 3.46. The van der Waals surface area contributed by atoms with Crippen LogP contribution in [0.5, 0.6) is 5.75 Å². The Labute approximate surface area is 145 Å². The fourth-order valence-corrected chi connectivity index (χ4v) is 2.25. The van der Waals surface area contributed by atoms with Crippen LogP contribution in [0, 0.1) is 5.92 Å². The number of rotatable bonds is 6. The van der Waals surface area contributed by atoms with Crippen molar-refractivity contribution in [3.63, 3.8) is 0 Å². The second-order valence-electron chi connectivity index (χ2n) is 5.82. The number of amides is 2. The Bertz CT molecular complexity index is 796. The van der Waals surface area contributed by atoms with Gasteiger partial charge < -0.3 is 10.1 Å². The largest absolute Gasteiger partial charge is 0.497 e. The Morgan fingerprint density at radius 3 is 2.60 bits per heavy atom. The van der Waals surface area contributed by atoms with Crippen molar-refractivity contribution in [3.8, 4) is 5.75 Å². The number of benzene rings is 2. The van der Waals surface area contributed by atoms with Crippen LogP contribution in [0.4, 0.5) is 5.69 Å². The third-order valence-electron chi connectivity index (χ3n) is 3.84. The van der Waals surface area contributed by atoms with E-state index < -0.39 is 0 Å². The number of hydrogen-bond acceptors (Lipinski definition) is 4. The summed E-state index contributed by atoms with van der Waals surface area (Å²) >= 11 is 0. The number of carbonyl (C=O) groups is 2. The fourth-order valence-electron chi connectivity index (χ4n) is 2.25. The van der Waals surface area contributed by atoms with Crippen molar-refractivity contribution >= 4 is 23.7 Å². The average Bonchev–Trinajstić information content (AvgIpc) is 3.47. The highest BCUT2D eigenvalue weighted by molar-refractivity contribution is 5.97. The van der Waals surface area contributed by atoms with E-state index in [0.29, 0.717) is 11.3 Å². The van der Waals surface area contributed by atoms with Gasteiger partial charge in [-0.25, -0.2) is 5.43 Å². The van der Waals surface area contributed by atoms with Crippen molar-refractivity contribution in [2.75, 3.05) is 12.4 Å². The lowest BCUT2D eigenvalue weighted by molar-refractivity contribution is -0.117. The highest BCUT2D eigenvalue weighted by atomic mass is 16.5. The molecule has 128 valence electrons. The molecule has 25 heavy (non-hydrogen) atoms. The van der Waals surface area contributed by atoms with E-state index in [9.17, 15) is 9.59 Å². The molecule has 1 fully saturated rings. The van der Waals surface area contributed by atoms with E-state index in [1.165, 1.54) is 0 Å². The van der Waals surface area contributed by atoms with Gasteiger partial charge in [-0.2, -0.15) is 5.10 Å². The van der Waals surface area contributed by atoms with Crippen molar-refractivity contribution in [1.29, 1.82) is 0 Å². The van der Waals surface area contributed by atoms with Crippen LogP contribution in [0.2, 0.25) is 0 Å². The van der Waals surface area contributed by atoms with Gasteiger partial charge in [0.25, 0.3) is 5.91 Å². The number of nitrogens with one attached hydrogen (secondary N) is 2. The molecular formula is C19H19N3O3. The summed E-state index contributed by atoms with van der Waals surface area (Å²) in [5.41, 5.74) is 4.45. The fraction of sp³-hybridized carbons (Fsp3) is 0.211. The first-order chi connectivity index (χ1) is 12.2. The number of hydrazone groups is 1. The molecular weight excluding hydrogens is 318 g/mol. The minimum Gasteiger partial charge on any atom is -0.497 e. The third-order valence-corrected chi connectivity index (χ3v) is 3.84. The molecule has 0 aromatic heterocycles. The molecule has 2 aromatic carbocycles. The van der Waals surface area contributed by atoms with Crippen LogP contribution in [-0.4, -0.2) is 25.1 Å². The first kappa shape index (κ1) is 16.7. The van der Waals surface area contributed by atoms with Gasteiger partial charge in [-0.3, -0.25) is 9.59 Å². The zero-order valence-electron chi connectivity index (χ0n) is 13.9. The van der Waals surface area contributed by atoms with E-state index in [1.54, 1.807) is 37.6 Å². The number of anilines is 1. The van der Waals surface area contributed by atoms with Gasteiger partial charge >= 0.3 is 0 Å². The van der Waals surface area contributed by atoms with Crippen molar-refractivity contribution in [3.05, 3.63) is 59.7 Å². The Kier molecular flexibility index (Phi) is 5.09. The Morgan fingerprint density at radius 1 is 1.16 bits per heavy atom. The predicted molar refractivity (Wildman–Crippen MR) is 95.8 cm³/mol. The van der Waals surface area contributed by atoms with E-state index >= 15 is 0 Å². The summed E-state index contributed by atoms with van der Waals surface area (Å²) in [5.74, 6) is 0.590. The summed E-state index contributed by atoms with van der Waals surface area (Å²) < 4.78 is 5.13. The smallest absolute Gasteiger partial charge is 0.271 e. The molecule has 6 heteroatoms. The Balaban J connectivity index is 1.55. The number of methoxy groups -OCH3 is 1. The van der Waals surface area contributed by atoms with Gasteiger partial charge in [0, 0.05) is 17.2 Å². The molecule has 0 heterocycles. The molecule has 0 aliphatic heterocycles. The summed E-state index contributed by atoms with van der Waals surface area (Å²) in [7, 11) is 1.59. The van der Waals surface area contributed by atoms with Gasteiger partial charge in [-0.05, 0) is 54.8 Å². The lowest BCUT2D eigenvalue weighted by Gasteiger charge is -2.05. The van der Waals surface area contributed by atoms with E-state index in [2.05, 4.69) is 15.8 Å². The SMILES string of the molecule is COc1cccc(C=NNC(=O)c2ccc(NC(=O)C3CC3)cc2)c1. The van der Waals surface area contributed by atoms with Crippen LogP contribution in [-0.2, 0) is 4.79 Å². The monoisotopic (exact) mass is 337 g/mol. The highest BCUT2D eigenvalue weighted by Gasteiger charge is 2.29. The summed E-state index contributed by atoms with van der Waals surface area (Å²) in [4.78, 5) is 23.8. The van der Waals surface area contributed by atoms with Crippen molar-refractivity contribution in [1.82, 2.24) is 5.43 Å². The van der Waals surface area contributed by atoms with E-state index in [-0.39, 0.29) is 17.7 Å². The molecule has 0 atom stereocenters. The Morgan fingerprint density at radius 2 is 1.92 bits per heavy atom. The van der Waals surface area contributed by atoms with Crippen LogP contribution >= 0.6 is 0 Å². The topological polar surface area (TPSA) is 79.8 Å². The van der Waals surface area contributed by atoms with Gasteiger partial charge in [0.1, 0.15) is 5.75 Å². The quantitative estimate of drug-likeness (QED) is 0.628. The maximum absolute atomic E-state index is 12.1. The highest BCUT2D eigenvalue weighted by Crippen LogP contribution is 2.30. The Hall–Kier alpha value is -3.15. The van der Waals surface area contributed by atoms with Crippen molar-refractivity contribution < 1.29 is 14.3 Å². The summed E-state index contributed by atoms with van der Waals surface area (Å²) in [6, 6.07) is 14.1. The molecule has 0 saturated heterocycles. The zero-order chi connectivity index (χ0) is 17.6. The maximum Gasteiger partial charge on any atom is 0.271 e. The molecule has 2 N–H and O–H groups in total. The molecule has 2 aromatic rings. The molecule has 1 aliphatic carbocycles. The summed E-state index contributed by atoms with van der Waals surface area (Å²) in [6.45, 7) is 0. The minimum absolute atomic E-state index is 0.0418. The van der Waals surface area contributed by atoms with Crippen LogP contribution in [0.1, 0.15) is 28.8 Å². The van der Waals surface area contributed by atoms with Crippen LogP contribution in [0.3, 0.4) is 0 Å². The normalized spacial score (nSPS) is 13.5. The van der Waals surface area contributed by atoms with Gasteiger partial charge in [0.2, 0.25) is 5.91 Å². The number of ether oxygens (including phenoxy) is 1. The summed E-state index contributed by atoms with van der Waals surface area (Å²) in [5, 5.41) is 6.78. The van der Waals surface area contributed by atoms with Gasteiger partial charge in [0.15, 0.2) is 0 Å². The molecule has 1 aliphatic rings. The van der Waals surface area contributed by atoms with Crippen LogP contribution < -0.4 is 15.5 Å². The zero-order valence-corrected chi connectivity index (χ0v) is 13.9. The van der Waals surface area contributed by atoms with Gasteiger partial charge in [-0.15, -0.1) is 0 Å². The average molecular weight is 337 g/mol. The van der Waals surface area contributed by atoms with Gasteiger partial charge in [-0.1, -0.05) is 12.1 Å². The van der Waals surface area contributed by atoms with E-state index in [1.807, 2.05) is 24.3 Å². The standard InChI is InChI=1S/C19H19N3O3/c1-25-17-4-2-3-13(11-17)12-20-22-19(24)15-7-9-16(10-8-15)21-18(23)14-5-6-14/h2-4,7-12,14H,5-6H2,1H3,(H,21,23)(H,22,24).